The summed E-state index contributed by atoms with van der Waals surface area (Å²) in [5.41, 5.74) is 6.52. The predicted molar refractivity (Wildman–Crippen MR) is 111 cm³/mol. The number of carbonyl (C=O) groups excluding carboxylic acids is 4. The van der Waals surface area contributed by atoms with Crippen molar-refractivity contribution in [2.75, 3.05) is 5.32 Å². The van der Waals surface area contributed by atoms with E-state index in [0.29, 0.717) is 16.8 Å². The predicted octanol–water partition coefficient (Wildman–Crippen LogP) is 0.930. The highest BCUT2D eigenvalue weighted by molar-refractivity contribution is 6.15. The number of nitrogens with two attached hydrogens (primary N) is 1. The van der Waals surface area contributed by atoms with Crippen LogP contribution in [-0.4, -0.2) is 34.6 Å². The van der Waals surface area contributed by atoms with Gasteiger partial charge in [0.05, 0.1) is 18.4 Å². The number of anilines is 1. The molecule has 3 aliphatic heterocycles. The Morgan fingerprint density at radius 3 is 2.53 bits per heavy atom. The van der Waals surface area contributed by atoms with Gasteiger partial charge in [-0.05, 0) is 30.2 Å². The number of aryl methyl sites for hydroxylation is 1. The van der Waals surface area contributed by atoms with Crippen LogP contribution in [0.25, 0.3) is 0 Å². The highest BCUT2D eigenvalue weighted by Crippen LogP contribution is 2.54. The van der Waals surface area contributed by atoms with E-state index >= 15 is 0 Å². The highest BCUT2D eigenvalue weighted by atomic mass is 19.1. The molecule has 4 amide bonds. The number of imide groups is 1. The Balaban J connectivity index is 1.60. The Bertz CT molecular complexity index is 1180. The number of rotatable bonds is 4. The molecule has 3 aliphatic rings. The minimum atomic E-state index is -1.48. The van der Waals surface area contributed by atoms with Crippen molar-refractivity contribution in [2.45, 2.75) is 31.5 Å². The van der Waals surface area contributed by atoms with E-state index in [1.807, 2.05) is 13.0 Å². The molecule has 1 spiro atoms. The topological polar surface area (TPSA) is 122 Å². The molecule has 3 heterocycles. The second-order valence-electron chi connectivity index (χ2n) is 8.57. The van der Waals surface area contributed by atoms with Crippen LogP contribution in [-0.2, 0) is 31.3 Å². The fourth-order valence-corrected chi connectivity index (χ4v) is 5.36. The van der Waals surface area contributed by atoms with Crippen molar-refractivity contribution in [1.29, 1.82) is 0 Å². The number of carbonyl (C=O) groups is 4. The van der Waals surface area contributed by atoms with Gasteiger partial charge in [-0.1, -0.05) is 30.3 Å². The summed E-state index contributed by atoms with van der Waals surface area (Å²) in [5, 5.41) is 6.00. The van der Waals surface area contributed by atoms with Crippen molar-refractivity contribution in [3.8, 4) is 0 Å². The molecule has 8 nitrogen and oxygen atoms in total. The lowest BCUT2D eigenvalue weighted by molar-refractivity contribution is -0.143. The Hall–Kier alpha value is -3.59. The molecular formula is C23H21FN4O4. The second-order valence-corrected chi connectivity index (χ2v) is 8.57. The third-order valence-electron chi connectivity index (χ3n) is 6.72. The van der Waals surface area contributed by atoms with Gasteiger partial charge in [0.2, 0.25) is 23.6 Å². The van der Waals surface area contributed by atoms with E-state index in [9.17, 15) is 23.6 Å². The zero-order valence-electron chi connectivity index (χ0n) is 17.2. The van der Waals surface area contributed by atoms with Crippen LogP contribution in [0.5, 0.6) is 0 Å². The van der Waals surface area contributed by atoms with Crippen LogP contribution in [0, 0.1) is 24.6 Å². The molecule has 2 aromatic carbocycles. The number of nitrogens with zero attached hydrogens (tertiary/aromatic N) is 1. The van der Waals surface area contributed by atoms with Crippen LogP contribution in [0.2, 0.25) is 0 Å². The molecule has 9 heteroatoms. The SMILES string of the molecule is Cc1cccc2c1NC(=O)[C@]21N[C@H](CC(N)=O)[C@H]2C(=O)N(Cc3ccc(F)cc3)C(=O)[C@H]21. The first-order valence-electron chi connectivity index (χ1n) is 10.3. The van der Waals surface area contributed by atoms with Gasteiger partial charge in [0.15, 0.2) is 0 Å². The number of benzene rings is 2. The zero-order chi connectivity index (χ0) is 22.8. The number of hydrogen-bond acceptors (Lipinski definition) is 5. The number of amides is 4. The molecule has 0 saturated carbocycles. The maximum Gasteiger partial charge on any atom is 0.250 e. The summed E-state index contributed by atoms with van der Waals surface area (Å²) < 4.78 is 13.3. The summed E-state index contributed by atoms with van der Waals surface area (Å²) in [6.07, 6.45) is -0.194. The minimum absolute atomic E-state index is 0.0490. The molecule has 2 saturated heterocycles. The van der Waals surface area contributed by atoms with Crippen molar-refractivity contribution in [1.82, 2.24) is 10.2 Å². The molecular weight excluding hydrogens is 415 g/mol. The van der Waals surface area contributed by atoms with Crippen molar-refractivity contribution < 1.29 is 23.6 Å². The lowest BCUT2D eigenvalue weighted by Crippen LogP contribution is -2.53. The molecule has 2 fully saturated rings. The van der Waals surface area contributed by atoms with Crippen molar-refractivity contribution in [3.05, 3.63) is 65.0 Å². The van der Waals surface area contributed by atoms with Crippen LogP contribution in [0.4, 0.5) is 10.1 Å². The summed E-state index contributed by atoms with van der Waals surface area (Å²) in [4.78, 5) is 53.2. The van der Waals surface area contributed by atoms with Crippen LogP contribution in [0.3, 0.4) is 0 Å². The number of likely N-dealkylation sites (tertiary alicyclic amines) is 1. The smallest absolute Gasteiger partial charge is 0.250 e. The molecule has 164 valence electrons. The van der Waals surface area contributed by atoms with Crippen LogP contribution in [0.1, 0.15) is 23.1 Å². The molecule has 0 bridgehead atoms. The third kappa shape index (κ3) is 2.70. The van der Waals surface area contributed by atoms with Gasteiger partial charge in [0.25, 0.3) is 0 Å². The fourth-order valence-electron chi connectivity index (χ4n) is 5.36. The monoisotopic (exact) mass is 436 g/mol. The molecule has 5 rings (SSSR count). The summed E-state index contributed by atoms with van der Waals surface area (Å²) >= 11 is 0. The Labute approximate surface area is 182 Å². The molecule has 32 heavy (non-hydrogen) atoms. The van der Waals surface area contributed by atoms with Crippen LogP contribution >= 0.6 is 0 Å². The summed E-state index contributed by atoms with van der Waals surface area (Å²) in [7, 11) is 0. The first-order chi connectivity index (χ1) is 15.2. The number of fused-ring (bicyclic) bond motifs is 4. The normalized spacial score (nSPS) is 28.2. The highest BCUT2D eigenvalue weighted by Gasteiger charge is 2.70. The van der Waals surface area contributed by atoms with Gasteiger partial charge in [-0.25, -0.2) is 4.39 Å². The van der Waals surface area contributed by atoms with Gasteiger partial charge in [-0.3, -0.25) is 29.4 Å². The molecule has 0 aliphatic carbocycles. The lowest BCUT2D eigenvalue weighted by atomic mass is 9.76. The number of primary amides is 1. The number of halogens is 1. The third-order valence-corrected chi connectivity index (χ3v) is 6.72. The first-order valence-corrected chi connectivity index (χ1v) is 10.3. The molecule has 2 aromatic rings. The van der Waals surface area contributed by atoms with Gasteiger partial charge < -0.3 is 11.1 Å². The van der Waals surface area contributed by atoms with E-state index < -0.39 is 52.9 Å². The average Bonchev–Trinajstić information content (AvgIpc) is 3.31. The molecule has 0 unspecified atom stereocenters. The number of nitrogens with one attached hydrogen (secondary N) is 2. The molecule has 0 radical (unpaired) electrons. The van der Waals surface area contributed by atoms with Gasteiger partial charge in [0, 0.05) is 23.7 Å². The molecule has 0 aromatic heterocycles. The Kier molecular flexibility index (Phi) is 4.42. The molecule has 4 atom stereocenters. The van der Waals surface area contributed by atoms with E-state index in [2.05, 4.69) is 10.6 Å². The fraction of sp³-hybridized carbons (Fsp3) is 0.304. The van der Waals surface area contributed by atoms with E-state index in [1.165, 1.54) is 24.3 Å². The van der Waals surface area contributed by atoms with Crippen molar-refractivity contribution in [2.24, 2.45) is 17.6 Å². The maximum atomic E-state index is 13.6. The van der Waals surface area contributed by atoms with Crippen LogP contribution in [0.15, 0.2) is 42.5 Å². The van der Waals surface area contributed by atoms with Crippen LogP contribution < -0.4 is 16.4 Å². The Morgan fingerprint density at radius 1 is 1.12 bits per heavy atom. The zero-order valence-corrected chi connectivity index (χ0v) is 17.2. The van der Waals surface area contributed by atoms with Gasteiger partial charge in [0.1, 0.15) is 11.4 Å². The van der Waals surface area contributed by atoms with E-state index in [0.717, 1.165) is 10.5 Å². The van der Waals surface area contributed by atoms with Crippen molar-refractivity contribution in [3.63, 3.8) is 0 Å². The standard InChI is InChI=1S/C23H21FN4O4/c1-11-3-2-4-14-19(11)26-22(32)23(14)18-17(15(27-23)9-16(25)29)20(30)28(21(18)31)10-12-5-7-13(24)8-6-12/h2-8,15,17-18,27H,9-10H2,1H3,(H2,25,29)(H,26,32)/t15-,17-,18+,23+/m1/s1. The second kappa shape index (κ2) is 6.96. The maximum absolute atomic E-state index is 13.6. The van der Waals surface area contributed by atoms with Gasteiger partial charge in [-0.2, -0.15) is 0 Å². The molecule has 4 N–H and O–H groups in total. The summed E-state index contributed by atoms with van der Waals surface area (Å²) in [6.45, 7) is 1.79. The minimum Gasteiger partial charge on any atom is -0.370 e. The largest absolute Gasteiger partial charge is 0.370 e. The summed E-state index contributed by atoms with van der Waals surface area (Å²) in [6, 6.07) is 10.1. The van der Waals surface area contributed by atoms with Crippen molar-refractivity contribution >= 4 is 29.3 Å². The number of para-hydroxylation sites is 1. The number of hydrogen-bond donors (Lipinski definition) is 3. The average molecular weight is 436 g/mol. The van der Waals surface area contributed by atoms with Gasteiger partial charge >= 0.3 is 0 Å². The quantitative estimate of drug-likeness (QED) is 0.616. The summed E-state index contributed by atoms with van der Waals surface area (Å²) in [5.74, 6) is -4.44. The lowest BCUT2D eigenvalue weighted by Gasteiger charge is -2.29. The van der Waals surface area contributed by atoms with E-state index in [1.54, 1.807) is 12.1 Å². The van der Waals surface area contributed by atoms with E-state index in [4.69, 9.17) is 5.73 Å². The Morgan fingerprint density at radius 2 is 1.84 bits per heavy atom. The van der Waals surface area contributed by atoms with Gasteiger partial charge in [-0.15, -0.1) is 0 Å². The van der Waals surface area contributed by atoms with E-state index in [-0.39, 0.29) is 13.0 Å². The first kappa shape index (κ1) is 20.3.